The second kappa shape index (κ2) is 9.69. The van der Waals surface area contributed by atoms with E-state index < -0.39 is 5.97 Å². The van der Waals surface area contributed by atoms with Gasteiger partial charge >= 0.3 is 5.97 Å². The number of methoxy groups -OCH3 is 1. The molecule has 1 aliphatic heterocycles. The summed E-state index contributed by atoms with van der Waals surface area (Å²) in [5, 5.41) is 4.52. The zero-order chi connectivity index (χ0) is 24.7. The SMILES string of the molecule is CCn1c(=Cc2scc[n+]2Cc2ccc(C(=O)OC)o2)sc(=C2Sc3cc(Cl)ccc3N2C)c1=O. The van der Waals surface area contributed by atoms with E-state index in [9.17, 15) is 9.59 Å². The van der Waals surface area contributed by atoms with Crippen LogP contribution in [0.1, 0.15) is 28.2 Å². The quantitative estimate of drug-likeness (QED) is 0.282. The van der Waals surface area contributed by atoms with E-state index in [-0.39, 0.29) is 11.3 Å². The van der Waals surface area contributed by atoms with Gasteiger partial charge in [0, 0.05) is 23.5 Å². The molecule has 0 unspecified atom stereocenters. The number of fused-ring (bicyclic) bond motifs is 1. The lowest BCUT2D eigenvalue weighted by molar-refractivity contribution is -0.686. The molecule has 0 atom stereocenters. The summed E-state index contributed by atoms with van der Waals surface area (Å²) < 4.78 is 15.7. The number of carbonyl (C=O) groups is 1. The molecule has 1 aromatic carbocycles. The molecule has 0 N–H and O–H groups in total. The molecule has 5 rings (SSSR count). The molecule has 1 aliphatic rings. The summed E-state index contributed by atoms with van der Waals surface area (Å²) in [5.74, 6) is 0.302. The number of esters is 1. The largest absolute Gasteiger partial charge is 0.463 e. The Balaban J connectivity index is 1.55. The predicted molar refractivity (Wildman–Crippen MR) is 140 cm³/mol. The Labute approximate surface area is 218 Å². The maximum atomic E-state index is 13.4. The molecule has 0 amide bonds. The first-order chi connectivity index (χ1) is 16.9. The molecule has 11 heteroatoms. The van der Waals surface area contributed by atoms with Crippen LogP contribution in [0.2, 0.25) is 5.02 Å². The Bertz CT molecular complexity index is 1620. The maximum Gasteiger partial charge on any atom is 0.373 e. The lowest BCUT2D eigenvalue weighted by atomic mass is 10.3. The van der Waals surface area contributed by atoms with Crippen molar-refractivity contribution in [1.82, 2.24) is 4.57 Å². The number of aromatic nitrogens is 2. The van der Waals surface area contributed by atoms with E-state index >= 15 is 0 Å². The van der Waals surface area contributed by atoms with Crippen LogP contribution in [-0.4, -0.2) is 24.7 Å². The zero-order valence-electron chi connectivity index (χ0n) is 19.1. The smallest absolute Gasteiger partial charge is 0.373 e. The van der Waals surface area contributed by atoms with Gasteiger partial charge in [-0.05, 0) is 37.3 Å². The highest BCUT2D eigenvalue weighted by Gasteiger charge is 2.25. The van der Waals surface area contributed by atoms with Gasteiger partial charge in [-0.15, -0.1) is 11.3 Å². The van der Waals surface area contributed by atoms with Crippen molar-refractivity contribution >= 4 is 68.8 Å². The van der Waals surface area contributed by atoms with E-state index in [4.69, 9.17) is 20.8 Å². The third-order valence-corrected chi connectivity index (χ3v) is 9.10. The van der Waals surface area contributed by atoms with Crippen LogP contribution in [0.25, 0.3) is 11.1 Å². The zero-order valence-corrected chi connectivity index (χ0v) is 22.3. The van der Waals surface area contributed by atoms with Crippen LogP contribution in [0.15, 0.2) is 56.0 Å². The number of ether oxygens (including phenoxy) is 1. The van der Waals surface area contributed by atoms with Crippen LogP contribution in [0, 0.1) is 0 Å². The van der Waals surface area contributed by atoms with E-state index in [1.807, 2.05) is 54.4 Å². The van der Waals surface area contributed by atoms with Crippen molar-refractivity contribution in [3.05, 3.63) is 83.0 Å². The summed E-state index contributed by atoms with van der Waals surface area (Å²) in [5.41, 5.74) is 1.03. The lowest BCUT2D eigenvalue weighted by Gasteiger charge is -2.12. The van der Waals surface area contributed by atoms with Crippen LogP contribution in [-0.2, 0) is 17.8 Å². The molecular weight excluding hydrogens is 526 g/mol. The van der Waals surface area contributed by atoms with Crippen LogP contribution < -0.4 is 24.2 Å². The first-order valence-corrected chi connectivity index (χ1v) is 13.6. The van der Waals surface area contributed by atoms with E-state index in [1.165, 1.54) is 18.4 Å². The molecular formula is C24H21ClN3O4S3+. The highest BCUT2D eigenvalue weighted by Crippen LogP contribution is 2.46. The number of benzene rings is 1. The topological polar surface area (TPSA) is 68.6 Å². The number of rotatable bonds is 5. The van der Waals surface area contributed by atoms with Gasteiger partial charge in [-0.2, -0.15) is 4.57 Å². The van der Waals surface area contributed by atoms with Crippen LogP contribution >= 0.6 is 46.0 Å². The molecule has 0 aliphatic carbocycles. The monoisotopic (exact) mass is 546 g/mol. The van der Waals surface area contributed by atoms with Crippen molar-refractivity contribution < 1.29 is 18.5 Å². The number of carbonyl (C=O) groups excluding carboxylic acids is 1. The summed E-state index contributed by atoms with van der Waals surface area (Å²) in [6.45, 7) is 2.99. The Morgan fingerprint density at radius 2 is 2.11 bits per heavy atom. The highest BCUT2D eigenvalue weighted by molar-refractivity contribution is 8.08. The van der Waals surface area contributed by atoms with Gasteiger partial charge in [0.2, 0.25) is 12.3 Å². The fraction of sp³-hybridized carbons (Fsp3) is 0.208. The molecule has 4 heterocycles. The number of thioether (sulfide) groups is 1. The average molecular weight is 547 g/mol. The molecule has 180 valence electrons. The lowest BCUT2D eigenvalue weighted by Crippen LogP contribution is -2.36. The molecule has 0 fully saturated rings. The number of hydrogen-bond acceptors (Lipinski definition) is 8. The highest BCUT2D eigenvalue weighted by atomic mass is 35.5. The molecule has 35 heavy (non-hydrogen) atoms. The number of furan rings is 1. The molecule has 0 spiro atoms. The summed E-state index contributed by atoms with van der Waals surface area (Å²) in [4.78, 5) is 28.2. The second-order valence-corrected chi connectivity index (χ2v) is 11.1. The minimum atomic E-state index is -0.506. The van der Waals surface area contributed by atoms with Gasteiger partial charge in [-0.3, -0.25) is 9.36 Å². The standard InChI is InChI=1S/C24H21ClN3O4S3/c1-4-28-20(12-19-27(9-10-33-19)13-15-6-8-17(32-15)24(30)31-3)35-21(22(28)29)23-26(2)16-7-5-14(25)11-18(16)34-23/h5-12H,4,13H2,1-3H3/q+1. The first kappa shape index (κ1) is 23.9. The van der Waals surface area contributed by atoms with Crippen molar-refractivity contribution in [2.45, 2.75) is 24.9 Å². The maximum absolute atomic E-state index is 13.4. The van der Waals surface area contributed by atoms with Crippen molar-refractivity contribution in [3.63, 3.8) is 0 Å². The fourth-order valence-electron chi connectivity index (χ4n) is 3.80. The Kier molecular flexibility index (Phi) is 6.63. The van der Waals surface area contributed by atoms with E-state index in [0.717, 1.165) is 25.3 Å². The summed E-state index contributed by atoms with van der Waals surface area (Å²) in [6.07, 6.45) is 3.98. The van der Waals surface area contributed by atoms with E-state index in [0.29, 0.717) is 28.4 Å². The third-order valence-electron chi connectivity index (χ3n) is 5.55. The van der Waals surface area contributed by atoms with Crippen molar-refractivity contribution in [1.29, 1.82) is 0 Å². The number of hydrogen-bond donors (Lipinski definition) is 0. The van der Waals surface area contributed by atoms with Gasteiger partial charge in [0.1, 0.15) is 14.2 Å². The van der Waals surface area contributed by atoms with Gasteiger partial charge in [0.25, 0.3) is 10.6 Å². The van der Waals surface area contributed by atoms with Crippen molar-refractivity contribution in [3.8, 4) is 0 Å². The summed E-state index contributed by atoms with van der Waals surface area (Å²) in [7, 11) is 3.29. The number of nitrogens with zero attached hydrogens (tertiary/aromatic N) is 3. The van der Waals surface area contributed by atoms with Crippen LogP contribution in [0.5, 0.6) is 0 Å². The second-order valence-electron chi connectivity index (χ2n) is 7.67. The minimum absolute atomic E-state index is 0.00568. The van der Waals surface area contributed by atoms with Gasteiger partial charge in [0.15, 0.2) is 12.0 Å². The first-order valence-electron chi connectivity index (χ1n) is 10.7. The van der Waals surface area contributed by atoms with Crippen LogP contribution in [0.4, 0.5) is 5.69 Å². The van der Waals surface area contributed by atoms with Gasteiger partial charge in [0.05, 0.1) is 24.3 Å². The average Bonchev–Trinajstić information content (AvgIpc) is 3.62. The molecule has 3 aromatic heterocycles. The molecule has 0 bridgehead atoms. The fourth-order valence-corrected chi connectivity index (χ4v) is 7.40. The minimum Gasteiger partial charge on any atom is -0.463 e. The molecule has 7 nitrogen and oxygen atoms in total. The number of halogens is 1. The van der Waals surface area contributed by atoms with Gasteiger partial charge < -0.3 is 14.1 Å². The number of thiazole rings is 2. The summed E-state index contributed by atoms with van der Waals surface area (Å²) >= 11 is 10.8. The normalized spacial score (nSPS) is 15.1. The van der Waals surface area contributed by atoms with Crippen LogP contribution in [0.3, 0.4) is 0 Å². The van der Waals surface area contributed by atoms with Gasteiger partial charge in [-0.25, -0.2) is 4.79 Å². The Hall–Kier alpha value is -2.79. The van der Waals surface area contributed by atoms with Gasteiger partial charge in [-0.1, -0.05) is 34.7 Å². The Morgan fingerprint density at radius 1 is 1.29 bits per heavy atom. The molecule has 0 saturated carbocycles. The molecule has 0 radical (unpaired) electrons. The number of anilines is 1. The molecule has 4 aromatic rings. The molecule has 0 saturated heterocycles. The van der Waals surface area contributed by atoms with E-state index in [1.54, 1.807) is 39.8 Å². The summed E-state index contributed by atoms with van der Waals surface area (Å²) in [6, 6.07) is 9.14. The van der Waals surface area contributed by atoms with Crippen molar-refractivity contribution in [2.75, 3.05) is 19.1 Å². The predicted octanol–water partition coefficient (Wildman–Crippen LogP) is 3.50. The van der Waals surface area contributed by atoms with E-state index in [2.05, 4.69) is 4.90 Å². The van der Waals surface area contributed by atoms with Crippen molar-refractivity contribution in [2.24, 2.45) is 0 Å². The Morgan fingerprint density at radius 3 is 2.89 bits per heavy atom. The third kappa shape index (κ3) is 4.47.